The number of fused-ring (bicyclic) bond motifs is 1. The standard InChI is InChI=1S/C15H22BNO3/c1-14(2)15(3,4)20-16(19-14)11-6-7-12-10(8-11)9-13(18)17(12)5/h6-8,13,18H,9H2,1-5H3. The molecule has 1 aromatic rings. The summed E-state index contributed by atoms with van der Waals surface area (Å²) in [6, 6.07) is 6.14. The largest absolute Gasteiger partial charge is 0.494 e. The number of hydrogen-bond donors (Lipinski definition) is 1. The van der Waals surface area contributed by atoms with Crippen molar-refractivity contribution in [1.82, 2.24) is 0 Å². The number of aliphatic hydroxyl groups excluding tert-OH is 1. The van der Waals surface area contributed by atoms with Gasteiger partial charge in [-0.3, -0.25) is 0 Å². The van der Waals surface area contributed by atoms with Crippen molar-refractivity contribution in [2.45, 2.75) is 51.5 Å². The molecule has 1 aromatic carbocycles. The molecule has 2 heterocycles. The summed E-state index contributed by atoms with van der Waals surface area (Å²) in [5.74, 6) is 0. The maximum atomic E-state index is 9.90. The Morgan fingerprint density at radius 1 is 1.20 bits per heavy atom. The predicted octanol–water partition coefficient (Wildman–Crippen LogP) is 1.30. The average Bonchev–Trinajstić information content (AvgIpc) is 2.74. The number of aliphatic hydroxyl groups is 1. The van der Waals surface area contributed by atoms with Crippen LogP contribution in [-0.4, -0.2) is 36.7 Å². The number of benzene rings is 1. The SMILES string of the molecule is CN1c2ccc(B3OC(C)(C)C(C)(C)O3)cc2CC1O. The van der Waals surface area contributed by atoms with Gasteiger partial charge in [-0.05, 0) is 44.8 Å². The van der Waals surface area contributed by atoms with E-state index in [0.29, 0.717) is 6.42 Å². The molecule has 1 saturated heterocycles. The average molecular weight is 275 g/mol. The summed E-state index contributed by atoms with van der Waals surface area (Å²) < 4.78 is 12.1. The highest BCUT2D eigenvalue weighted by Gasteiger charge is 2.51. The van der Waals surface area contributed by atoms with Gasteiger partial charge >= 0.3 is 7.12 Å². The molecule has 108 valence electrons. The number of nitrogens with zero attached hydrogens (tertiary/aromatic N) is 1. The molecule has 0 spiro atoms. The summed E-state index contributed by atoms with van der Waals surface area (Å²) in [4.78, 5) is 1.89. The van der Waals surface area contributed by atoms with Crippen LogP contribution in [0.4, 0.5) is 5.69 Å². The van der Waals surface area contributed by atoms with Crippen LogP contribution in [0.25, 0.3) is 0 Å². The predicted molar refractivity (Wildman–Crippen MR) is 80.3 cm³/mol. The lowest BCUT2D eigenvalue weighted by atomic mass is 9.78. The second-order valence-corrected chi connectivity index (χ2v) is 6.77. The van der Waals surface area contributed by atoms with Crippen molar-refractivity contribution in [3.05, 3.63) is 23.8 Å². The fraction of sp³-hybridized carbons (Fsp3) is 0.600. The van der Waals surface area contributed by atoms with E-state index in [0.717, 1.165) is 16.7 Å². The molecule has 0 aliphatic carbocycles. The molecule has 4 nitrogen and oxygen atoms in total. The molecule has 2 aliphatic heterocycles. The zero-order valence-electron chi connectivity index (χ0n) is 12.8. The second-order valence-electron chi connectivity index (χ2n) is 6.77. The van der Waals surface area contributed by atoms with Crippen molar-refractivity contribution in [2.75, 3.05) is 11.9 Å². The fourth-order valence-corrected chi connectivity index (χ4v) is 2.73. The number of rotatable bonds is 1. The summed E-state index contributed by atoms with van der Waals surface area (Å²) in [5, 5.41) is 9.90. The molecule has 0 saturated carbocycles. The highest BCUT2D eigenvalue weighted by Crippen LogP contribution is 2.37. The number of anilines is 1. The Morgan fingerprint density at radius 2 is 1.80 bits per heavy atom. The zero-order valence-corrected chi connectivity index (χ0v) is 12.8. The van der Waals surface area contributed by atoms with Crippen LogP contribution in [-0.2, 0) is 15.7 Å². The van der Waals surface area contributed by atoms with Crippen LogP contribution >= 0.6 is 0 Å². The molecule has 1 atom stereocenters. The van der Waals surface area contributed by atoms with Crippen LogP contribution in [0.1, 0.15) is 33.3 Å². The Hall–Kier alpha value is -1.04. The van der Waals surface area contributed by atoms with E-state index in [4.69, 9.17) is 9.31 Å². The molecule has 1 N–H and O–H groups in total. The molecule has 1 fully saturated rings. The van der Waals surface area contributed by atoms with Crippen molar-refractivity contribution in [2.24, 2.45) is 0 Å². The van der Waals surface area contributed by atoms with E-state index < -0.39 is 6.23 Å². The molecule has 1 unspecified atom stereocenters. The van der Waals surface area contributed by atoms with Crippen LogP contribution in [0.5, 0.6) is 0 Å². The third-order valence-electron chi connectivity index (χ3n) is 4.86. The second kappa shape index (κ2) is 4.23. The lowest BCUT2D eigenvalue weighted by Gasteiger charge is -2.32. The summed E-state index contributed by atoms with van der Waals surface area (Å²) in [6.45, 7) is 8.21. The smallest absolute Gasteiger partial charge is 0.399 e. The third kappa shape index (κ3) is 1.96. The van der Waals surface area contributed by atoms with Gasteiger partial charge in [0.05, 0.1) is 11.2 Å². The molecule has 3 rings (SSSR count). The van der Waals surface area contributed by atoms with Crippen LogP contribution in [0.3, 0.4) is 0 Å². The highest BCUT2D eigenvalue weighted by atomic mass is 16.7. The zero-order chi connectivity index (χ0) is 14.7. The molecule has 0 bridgehead atoms. The molecular formula is C15H22BNO3. The molecule has 0 amide bonds. The molecule has 2 aliphatic rings. The first-order valence-corrected chi connectivity index (χ1v) is 7.11. The minimum atomic E-state index is -0.432. The first kappa shape index (κ1) is 13.9. The first-order chi connectivity index (χ1) is 9.21. The van der Waals surface area contributed by atoms with E-state index in [1.807, 2.05) is 24.1 Å². The Balaban J connectivity index is 1.89. The summed E-state index contributed by atoms with van der Waals surface area (Å²) >= 11 is 0. The first-order valence-electron chi connectivity index (χ1n) is 7.11. The van der Waals surface area contributed by atoms with Crippen LogP contribution < -0.4 is 10.4 Å². The van der Waals surface area contributed by atoms with Crippen molar-refractivity contribution >= 4 is 18.3 Å². The van der Waals surface area contributed by atoms with E-state index in [2.05, 4.69) is 33.8 Å². The van der Waals surface area contributed by atoms with Crippen LogP contribution in [0.15, 0.2) is 18.2 Å². The van der Waals surface area contributed by atoms with Gasteiger partial charge in [-0.2, -0.15) is 0 Å². The monoisotopic (exact) mass is 275 g/mol. The molecule has 20 heavy (non-hydrogen) atoms. The molecular weight excluding hydrogens is 253 g/mol. The minimum absolute atomic E-state index is 0.326. The van der Waals surface area contributed by atoms with E-state index >= 15 is 0 Å². The maximum absolute atomic E-state index is 9.90. The number of hydrogen-bond acceptors (Lipinski definition) is 4. The van der Waals surface area contributed by atoms with Crippen molar-refractivity contribution in [1.29, 1.82) is 0 Å². The molecule has 0 radical (unpaired) electrons. The quantitative estimate of drug-likeness (QED) is 0.784. The van der Waals surface area contributed by atoms with E-state index in [9.17, 15) is 5.11 Å². The van der Waals surface area contributed by atoms with E-state index in [1.54, 1.807) is 0 Å². The van der Waals surface area contributed by atoms with Gasteiger partial charge in [0.2, 0.25) is 0 Å². The summed E-state index contributed by atoms with van der Waals surface area (Å²) in [5.41, 5.74) is 2.59. The maximum Gasteiger partial charge on any atom is 0.494 e. The third-order valence-corrected chi connectivity index (χ3v) is 4.86. The normalized spacial score (nSPS) is 27.0. The van der Waals surface area contributed by atoms with Crippen LogP contribution in [0.2, 0.25) is 0 Å². The summed E-state index contributed by atoms with van der Waals surface area (Å²) in [7, 11) is 1.57. The van der Waals surface area contributed by atoms with Gasteiger partial charge < -0.3 is 19.3 Å². The minimum Gasteiger partial charge on any atom is -0.399 e. The van der Waals surface area contributed by atoms with Gasteiger partial charge in [0.25, 0.3) is 0 Å². The van der Waals surface area contributed by atoms with E-state index in [-0.39, 0.29) is 18.3 Å². The van der Waals surface area contributed by atoms with Gasteiger partial charge in [-0.25, -0.2) is 0 Å². The molecule has 5 heteroatoms. The Labute approximate surface area is 120 Å². The van der Waals surface area contributed by atoms with Gasteiger partial charge in [-0.1, -0.05) is 12.1 Å². The van der Waals surface area contributed by atoms with E-state index in [1.165, 1.54) is 0 Å². The Bertz CT molecular complexity index is 528. The lowest BCUT2D eigenvalue weighted by Crippen LogP contribution is -2.41. The van der Waals surface area contributed by atoms with Gasteiger partial charge in [0.1, 0.15) is 6.23 Å². The van der Waals surface area contributed by atoms with Gasteiger partial charge in [0, 0.05) is 19.2 Å². The topological polar surface area (TPSA) is 41.9 Å². The van der Waals surface area contributed by atoms with Crippen molar-refractivity contribution in [3.8, 4) is 0 Å². The lowest BCUT2D eigenvalue weighted by molar-refractivity contribution is 0.00578. The van der Waals surface area contributed by atoms with Crippen LogP contribution in [0, 0.1) is 0 Å². The van der Waals surface area contributed by atoms with Gasteiger partial charge in [-0.15, -0.1) is 0 Å². The highest BCUT2D eigenvalue weighted by molar-refractivity contribution is 6.62. The summed E-state index contributed by atoms with van der Waals surface area (Å²) in [6.07, 6.45) is 0.220. The molecule has 0 aromatic heterocycles. The fourth-order valence-electron chi connectivity index (χ4n) is 2.73. The number of likely N-dealkylation sites (N-methyl/N-ethyl adjacent to an activating group) is 1. The Kier molecular flexibility index (Phi) is 2.94. The van der Waals surface area contributed by atoms with Crippen molar-refractivity contribution < 1.29 is 14.4 Å². The van der Waals surface area contributed by atoms with Crippen molar-refractivity contribution in [3.63, 3.8) is 0 Å². The Morgan fingerprint density at radius 3 is 2.40 bits per heavy atom. The van der Waals surface area contributed by atoms with Gasteiger partial charge in [0.15, 0.2) is 0 Å².